The number of alkyl halides is 1. The van der Waals surface area contributed by atoms with E-state index in [0.717, 1.165) is 23.2 Å². The lowest BCUT2D eigenvalue weighted by Gasteiger charge is -2.49. The van der Waals surface area contributed by atoms with Gasteiger partial charge in [0.05, 0.1) is 15.2 Å². The van der Waals surface area contributed by atoms with Crippen LogP contribution in [0.2, 0.25) is 5.02 Å². The quantitative estimate of drug-likeness (QED) is 0.230. The minimum absolute atomic E-state index is 0.0471. The first-order chi connectivity index (χ1) is 16.3. The summed E-state index contributed by atoms with van der Waals surface area (Å²) in [7, 11) is 0. The van der Waals surface area contributed by atoms with Crippen LogP contribution in [0.5, 0.6) is 0 Å². The topological polar surface area (TPSA) is 83.7 Å². The number of carbonyl (C=O) groups is 1. The van der Waals surface area contributed by atoms with E-state index in [9.17, 15) is 20.0 Å². The van der Waals surface area contributed by atoms with Crippen molar-refractivity contribution in [1.29, 1.82) is 0 Å². The molecule has 2 aliphatic heterocycles. The minimum Gasteiger partial charge on any atom is -0.480 e. The van der Waals surface area contributed by atoms with Gasteiger partial charge in [0.1, 0.15) is 6.04 Å². The van der Waals surface area contributed by atoms with Crippen LogP contribution in [-0.2, 0) is 4.79 Å². The zero-order valence-electron chi connectivity index (χ0n) is 18.0. The number of allylic oxidation sites excluding steroid dienone is 2. The van der Waals surface area contributed by atoms with E-state index in [0.29, 0.717) is 28.8 Å². The summed E-state index contributed by atoms with van der Waals surface area (Å²) in [4.78, 5) is 26.5. The number of benzene rings is 2. The number of fused-ring (bicyclic) bond motifs is 4. The molecule has 2 aromatic rings. The molecule has 0 amide bonds. The third-order valence-electron chi connectivity index (χ3n) is 7.86. The maximum absolute atomic E-state index is 12.7. The number of nitro benzene ring substituents is 1. The number of hydrogen-bond acceptors (Lipinski definition) is 5. The van der Waals surface area contributed by atoms with E-state index in [-0.39, 0.29) is 39.0 Å². The molecule has 4 aliphatic rings. The van der Waals surface area contributed by atoms with Gasteiger partial charge in [-0.25, -0.2) is 4.79 Å². The SMILES string of the molecule is O=C(O)[C@@H]1[C@@H]2C[C@H](Sc3ccccc3[N+](=O)[O-])[C@H](Cl)[C@@H]2c2cc(Cl)cc3c2N1C[C@H]1CC=C[C@@H]31. The largest absolute Gasteiger partial charge is 0.480 e. The van der Waals surface area contributed by atoms with Crippen molar-refractivity contribution < 1.29 is 14.8 Å². The second kappa shape index (κ2) is 8.18. The molecule has 176 valence electrons. The molecular weight excluding hydrogens is 495 g/mol. The molecule has 1 N–H and O–H groups in total. The van der Waals surface area contributed by atoms with E-state index in [1.165, 1.54) is 17.8 Å². The lowest BCUT2D eigenvalue weighted by Crippen LogP contribution is -2.55. The maximum Gasteiger partial charge on any atom is 0.326 e. The molecule has 6 nitrogen and oxygen atoms in total. The molecule has 6 rings (SSSR count). The van der Waals surface area contributed by atoms with Crippen molar-refractivity contribution in [2.45, 2.75) is 46.2 Å². The van der Waals surface area contributed by atoms with Crippen molar-refractivity contribution in [1.82, 2.24) is 0 Å². The first-order valence-electron chi connectivity index (χ1n) is 11.4. The standard InChI is InChI=1S/C25H22Cl2N2O4S/c26-13-8-15-14-5-3-4-12(14)11-28-23(15)16(9-13)21-17(24(28)25(30)31)10-20(22(21)27)34-19-7-2-1-6-18(19)29(32)33/h1-3,5-9,12,14,17,20-22,24H,4,10-11H2,(H,30,31)/t12-,14-,17-,20+,21-,22+,24+/m1/s1. The zero-order chi connectivity index (χ0) is 23.7. The van der Waals surface area contributed by atoms with Crippen molar-refractivity contribution in [3.63, 3.8) is 0 Å². The Hall–Kier alpha value is -2.22. The normalized spacial score (nSPS) is 32.8. The van der Waals surface area contributed by atoms with Gasteiger partial charge >= 0.3 is 5.97 Å². The molecule has 0 radical (unpaired) electrons. The summed E-state index contributed by atoms with van der Waals surface area (Å²) in [6.45, 7) is 0.689. The number of nitro groups is 1. The smallest absolute Gasteiger partial charge is 0.326 e. The average molecular weight is 517 g/mol. The lowest BCUT2D eigenvalue weighted by atomic mass is 9.72. The molecule has 0 spiro atoms. The van der Waals surface area contributed by atoms with Crippen LogP contribution >= 0.6 is 35.0 Å². The molecule has 2 aromatic carbocycles. The molecule has 2 heterocycles. The number of aliphatic carboxylic acids is 1. The number of hydrogen-bond donors (Lipinski definition) is 1. The second-order valence-corrected chi connectivity index (χ2v) is 11.8. The first kappa shape index (κ1) is 22.3. The van der Waals surface area contributed by atoms with Crippen LogP contribution in [0.1, 0.15) is 35.8 Å². The Balaban J connectivity index is 1.45. The van der Waals surface area contributed by atoms with Crippen LogP contribution in [0, 0.1) is 22.0 Å². The highest BCUT2D eigenvalue weighted by molar-refractivity contribution is 8.00. The van der Waals surface area contributed by atoms with Crippen molar-refractivity contribution in [2.24, 2.45) is 11.8 Å². The Bertz CT molecular complexity index is 1240. The molecule has 2 aliphatic carbocycles. The van der Waals surface area contributed by atoms with Crippen LogP contribution in [0.4, 0.5) is 11.4 Å². The van der Waals surface area contributed by atoms with Gasteiger partial charge < -0.3 is 10.0 Å². The van der Waals surface area contributed by atoms with Gasteiger partial charge in [-0.2, -0.15) is 0 Å². The summed E-state index contributed by atoms with van der Waals surface area (Å²) in [6.07, 6.45) is 5.89. The molecule has 9 heteroatoms. The van der Waals surface area contributed by atoms with Crippen molar-refractivity contribution in [2.75, 3.05) is 11.4 Å². The van der Waals surface area contributed by atoms with Gasteiger partial charge in [0.25, 0.3) is 5.69 Å². The Labute approximate surface area is 211 Å². The molecule has 0 bridgehead atoms. The van der Waals surface area contributed by atoms with E-state index < -0.39 is 12.0 Å². The highest BCUT2D eigenvalue weighted by atomic mass is 35.5. The molecule has 1 saturated carbocycles. The minimum atomic E-state index is -0.842. The van der Waals surface area contributed by atoms with Crippen LogP contribution < -0.4 is 4.90 Å². The number of halogens is 2. The fraction of sp³-hybridized carbons (Fsp3) is 0.400. The monoisotopic (exact) mass is 516 g/mol. The lowest BCUT2D eigenvalue weighted by molar-refractivity contribution is -0.387. The van der Waals surface area contributed by atoms with Gasteiger partial charge in [-0.15, -0.1) is 23.4 Å². The number of thioether (sulfide) groups is 1. The number of para-hydroxylation sites is 1. The predicted molar refractivity (Wildman–Crippen MR) is 133 cm³/mol. The summed E-state index contributed by atoms with van der Waals surface area (Å²) >= 11 is 15.1. The summed E-state index contributed by atoms with van der Waals surface area (Å²) in [5, 5.41) is 22.0. The van der Waals surface area contributed by atoms with Crippen LogP contribution in [0.25, 0.3) is 0 Å². The number of rotatable bonds is 4. The number of nitrogens with zero attached hydrogens (tertiary/aromatic N) is 2. The first-order valence-corrected chi connectivity index (χ1v) is 13.1. The third kappa shape index (κ3) is 3.28. The zero-order valence-corrected chi connectivity index (χ0v) is 20.3. The van der Waals surface area contributed by atoms with Gasteiger partial charge in [-0.1, -0.05) is 35.9 Å². The summed E-state index contributed by atoms with van der Waals surface area (Å²) in [6, 6.07) is 9.90. The fourth-order valence-electron chi connectivity index (χ4n) is 6.60. The van der Waals surface area contributed by atoms with Crippen LogP contribution in [0.3, 0.4) is 0 Å². The Kier molecular flexibility index (Phi) is 5.35. The van der Waals surface area contributed by atoms with E-state index in [1.807, 2.05) is 12.1 Å². The molecular formula is C25H22Cl2N2O4S. The molecule has 0 saturated heterocycles. The fourth-order valence-corrected chi connectivity index (χ4v) is 8.78. The highest BCUT2D eigenvalue weighted by Crippen LogP contribution is 2.60. The Morgan fingerprint density at radius 3 is 2.76 bits per heavy atom. The van der Waals surface area contributed by atoms with Crippen molar-refractivity contribution >= 4 is 52.3 Å². The summed E-state index contributed by atoms with van der Waals surface area (Å²) in [5.74, 6) is -0.658. The van der Waals surface area contributed by atoms with E-state index in [4.69, 9.17) is 23.2 Å². The summed E-state index contributed by atoms with van der Waals surface area (Å²) in [5.41, 5.74) is 3.14. The highest BCUT2D eigenvalue weighted by Gasteiger charge is 2.56. The van der Waals surface area contributed by atoms with E-state index >= 15 is 0 Å². The van der Waals surface area contributed by atoms with Crippen molar-refractivity contribution in [3.05, 3.63) is 74.8 Å². The molecule has 0 unspecified atom stereocenters. The predicted octanol–water partition coefficient (Wildman–Crippen LogP) is 6.07. The van der Waals surface area contributed by atoms with Gasteiger partial charge in [-0.3, -0.25) is 10.1 Å². The second-order valence-electron chi connectivity index (χ2n) is 9.57. The van der Waals surface area contributed by atoms with Crippen LogP contribution in [-0.4, -0.2) is 39.2 Å². The van der Waals surface area contributed by atoms with Crippen molar-refractivity contribution in [3.8, 4) is 0 Å². The van der Waals surface area contributed by atoms with Gasteiger partial charge in [0.2, 0.25) is 0 Å². The third-order valence-corrected chi connectivity index (χ3v) is 10.2. The Morgan fingerprint density at radius 2 is 2.00 bits per heavy atom. The molecule has 1 fully saturated rings. The molecule has 7 atom stereocenters. The maximum atomic E-state index is 12.7. The Morgan fingerprint density at radius 1 is 1.24 bits per heavy atom. The van der Waals surface area contributed by atoms with E-state index in [2.05, 4.69) is 17.1 Å². The van der Waals surface area contributed by atoms with Gasteiger partial charge in [0.15, 0.2) is 0 Å². The number of carboxylic acid groups (broad SMARTS) is 1. The van der Waals surface area contributed by atoms with Crippen LogP contribution in [0.15, 0.2) is 53.4 Å². The molecule has 0 aromatic heterocycles. The summed E-state index contributed by atoms with van der Waals surface area (Å²) < 4.78 is 0. The molecule has 34 heavy (non-hydrogen) atoms. The van der Waals surface area contributed by atoms with E-state index in [1.54, 1.807) is 18.2 Å². The van der Waals surface area contributed by atoms with Gasteiger partial charge in [-0.05, 0) is 54.0 Å². The number of anilines is 1. The number of carboxylic acids is 1. The van der Waals surface area contributed by atoms with Gasteiger partial charge in [0, 0.05) is 40.4 Å². The average Bonchev–Trinajstić information content (AvgIpc) is 3.38.